The van der Waals surface area contributed by atoms with Gasteiger partial charge in [-0.15, -0.1) is 11.3 Å². The number of rotatable bonds is 4. The number of benzene rings is 1. The van der Waals surface area contributed by atoms with Crippen molar-refractivity contribution in [3.63, 3.8) is 0 Å². The minimum absolute atomic E-state index is 0.00335. The first kappa shape index (κ1) is 16.6. The SMILES string of the molecule is COc1ccc(Cl)cc1NC(=O)/C(C#N)=C/c1ccc(Br)s1. The molecule has 0 saturated heterocycles. The van der Waals surface area contributed by atoms with Crippen LogP contribution in [-0.4, -0.2) is 13.0 Å². The van der Waals surface area contributed by atoms with Crippen LogP contribution >= 0.6 is 38.9 Å². The number of carbonyl (C=O) groups is 1. The van der Waals surface area contributed by atoms with Crippen LogP contribution in [0.15, 0.2) is 39.7 Å². The first-order valence-corrected chi connectivity index (χ1v) is 8.04. The van der Waals surface area contributed by atoms with E-state index >= 15 is 0 Å². The number of amides is 1. The predicted octanol–water partition coefficient (Wildman–Crippen LogP) is 4.72. The highest BCUT2D eigenvalue weighted by Crippen LogP contribution is 2.28. The van der Waals surface area contributed by atoms with Crippen molar-refractivity contribution in [2.24, 2.45) is 0 Å². The third kappa shape index (κ3) is 4.10. The van der Waals surface area contributed by atoms with Crippen LogP contribution in [0.3, 0.4) is 0 Å². The second kappa shape index (κ2) is 7.45. The molecule has 0 unspecified atom stereocenters. The maximum absolute atomic E-state index is 12.2. The Hall–Kier alpha value is -1.81. The summed E-state index contributed by atoms with van der Waals surface area (Å²) in [6.45, 7) is 0. The Balaban J connectivity index is 2.25. The van der Waals surface area contributed by atoms with Gasteiger partial charge in [0.05, 0.1) is 16.6 Å². The van der Waals surface area contributed by atoms with E-state index in [0.29, 0.717) is 16.5 Å². The lowest BCUT2D eigenvalue weighted by molar-refractivity contribution is -0.112. The molecule has 1 aromatic carbocycles. The molecule has 22 heavy (non-hydrogen) atoms. The van der Waals surface area contributed by atoms with Crippen LogP contribution in [-0.2, 0) is 4.79 Å². The fourth-order valence-electron chi connectivity index (χ4n) is 1.66. The van der Waals surface area contributed by atoms with Crippen molar-refractivity contribution in [2.45, 2.75) is 0 Å². The summed E-state index contributed by atoms with van der Waals surface area (Å²) < 4.78 is 6.08. The van der Waals surface area contributed by atoms with E-state index in [-0.39, 0.29) is 5.57 Å². The standard InChI is InChI=1S/C15H10BrClN2O2S/c1-21-13-4-2-10(17)7-12(13)19-15(20)9(8-18)6-11-3-5-14(16)22-11/h2-7H,1H3,(H,19,20)/b9-6+. The summed E-state index contributed by atoms with van der Waals surface area (Å²) in [6, 6.07) is 10.4. The van der Waals surface area contributed by atoms with Gasteiger partial charge in [0.15, 0.2) is 0 Å². The van der Waals surface area contributed by atoms with E-state index in [2.05, 4.69) is 21.2 Å². The van der Waals surface area contributed by atoms with Gasteiger partial charge in [-0.3, -0.25) is 4.79 Å². The fraction of sp³-hybridized carbons (Fsp3) is 0.0667. The molecule has 2 rings (SSSR count). The normalized spacial score (nSPS) is 10.9. The third-order valence-electron chi connectivity index (χ3n) is 2.66. The summed E-state index contributed by atoms with van der Waals surface area (Å²) in [4.78, 5) is 13.0. The van der Waals surface area contributed by atoms with Crippen molar-refractivity contribution in [1.82, 2.24) is 0 Å². The molecule has 7 heteroatoms. The van der Waals surface area contributed by atoms with Crippen molar-refractivity contribution in [3.05, 3.63) is 49.6 Å². The molecule has 0 bridgehead atoms. The Kier molecular flexibility index (Phi) is 5.61. The fourth-order valence-corrected chi connectivity index (χ4v) is 3.20. The Morgan fingerprint density at radius 2 is 2.23 bits per heavy atom. The van der Waals surface area contributed by atoms with Crippen LogP contribution in [0.1, 0.15) is 4.88 Å². The molecule has 0 fully saturated rings. The Morgan fingerprint density at radius 3 is 2.82 bits per heavy atom. The van der Waals surface area contributed by atoms with Gasteiger partial charge >= 0.3 is 0 Å². The zero-order chi connectivity index (χ0) is 16.1. The van der Waals surface area contributed by atoms with Crippen molar-refractivity contribution >= 4 is 56.5 Å². The molecule has 0 aliphatic carbocycles. The highest BCUT2D eigenvalue weighted by Gasteiger charge is 2.13. The minimum Gasteiger partial charge on any atom is -0.495 e. The van der Waals surface area contributed by atoms with Crippen LogP contribution in [0.4, 0.5) is 5.69 Å². The molecule has 112 valence electrons. The van der Waals surface area contributed by atoms with Gasteiger partial charge in [-0.2, -0.15) is 5.26 Å². The van der Waals surface area contributed by atoms with Gasteiger partial charge in [0.25, 0.3) is 5.91 Å². The maximum atomic E-state index is 12.2. The average Bonchev–Trinajstić information content (AvgIpc) is 2.90. The predicted molar refractivity (Wildman–Crippen MR) is 92.2 cm³/mol. The van der Waals surface area contributed by atoms with Crippen molar-refractivity contribution in [3.8, 4) is 11.8 Å². The number of methoxy groups -OCH3 is 1. The van der Waals surface area contributed by atoms with Gasteiger partial charge in [0.2, 0.25) is 0 Å². The van der Waals surface area contributed by atoms with Gasteiger partial charge in [-0.25, -0.2) is 0 Å². The topological polar surface area (TPSA) is 62.1 Å². The van der Waals surface area contributed by atoms with E-state index in [1.54, 1.807) is 18.2 Å². The highest BCUT2D eigenvalue weighted by atomic mass is 79.9. The molecule has 0 spiro atoms. The van der Waals surface area contributed by atoms with Crippen LogP contribution in [0.5, 0.6) is 5.75 Å². The van der Waals surface area contributed by atoms with E-state index in [4.69, 9.17) is 16.3 Å². The van der Waals surface area contributed by atoms with E-state index in [9.17, 15) is 10.1 Å². The lowest BCUT2D eigenvalue weighted by atomic mass is 10.2. The summed E-state index contributed by atoms with van der Waals surface area (Å²) >= 11 is 10.7. The number of hydrogen-bond donors (Lipinski definition) is 1. The largest absolute Gasteiger partial charge is 0.495 e. The molecule has 0 aliphatic heterocycles. The summed E-state index contributed by atoms with van der Waals surface area (Å²) in [6.07, 6.45) is 1.53. The van der Waals surface area contributed by atoms with Crippen LogP contribution in [0, 0.1) is 11.3 Å². The van der Waals surface area contributed by atoms with Crippen molar-refractivity contribution < 1.29 is 9.53 Å². The quantitative estimate of drug-likeness (QED) is 0.600. The molecule has 1 amide bonds. The van der Waals surface area contributed by atoms with Crippen LogP contribution in [0.25, 0.3) is 6.08 Å². The Labute approximate surface area is 145 Å². The smallest absolute Gasteiger partial charge is 0.266 e. The highest BCUT2D eigenvalue weighted by molar-refractivity contribution is 9.11. The first-order valence-electron chi connectivity index (χ1n) is 6.05. The molecule has 0 atom stereocenters. The number of nitriles is 1. The lowest BCUT2D eigenvalue weighted by Gasteiger charge is -2.10. The first-order chi connectivity index (χ1) is 10.5. The molecule has 1 N–H and O–H groups in total. The van der Waals surface area contributed by atoms with E-state index < -0.39 is 5.91 Å². The van der Waals surface area contributed by atoms with Crippen LogP contribution in [0.2, 0.25) is 5.02 Å². The number of halogens is 2. The summed E-state index contributed by atoms with van der Waals surface area (Å²) in [5.41, 5.74) is 0.407. The molecule has 4 nitrogen and oxygen atoms in total. The molecule has 0 aliphatic rings. The zero-order valence-corrected chi connectivity index (χ0v) is 14.6. The number of thiophene rings is 1. The molecule has 2 aromatic rings. The molecular weight excluding hydrogens is 388 g/mol. The molecule has 1 aromatic heterocycles. The molecule has 0 radical (unpaired) electrons. The van der Waals surface area contributed by atoms with Gasteiger partial charge in [-0.1, -0.05) is 11.6 Å². The maximum Gasteiger partial charge on any atom is 0.266 e. The Morgan fingerprint density at radius 1 is 1.45 bits per heavy atom. The van der Waals surface area contributed by atoms with E-state index in [1.807, 2.05) is 18.2 Å². The molecular formula is C15H10BrClN2O2S. The number of nitrogens with one attached hydrogen (secondary N) is 1. The number of anilines is 1. The van der Waals surface area contributed by atoms with Gasteiger partial charge < -0.3 is 10.1 Å². The zero-order valence-electron chi connectivity index (χ0n) is 11.4. The van der Waals surface area contributed by atoms with Crippen molar-refractivity contribution in [2.75, 3.05) is 12.4 Å². The van der Waals surface area contributed by atoms with Crippen LogP contribution < -0.4 is 10.1 Å². The van der Waals surface area contributed by atoms with Crippen molar-refractivity contribution in [1.29, 1.82) is 5.26 Å². The monoisotopic (exact) mass is 396 g/mol. The number of carbonyl (C=O) groups excluding carboxylic acids is 1. The number of nitrogens with zero attached hydrogens (tertiary/aromatic N) is 1. The lowest BCUT2D eigenvalue weighted by Crippen LogP contribution is -2.14. The van der Waals surface area contributed by atoms with Gasteiger partial charge in [-0.05, 0) is 52.3 Å². The summed E-state index contributed by atoms with van der Waals surface area (Å²) in [5, 5.41) is 12.3. The number of ether oxygens (including phenoxy) is 1. The minimum atomic E-state index is -0.521. The second-order valence-corrected chi connectivity index (χ2v) is 7.04. The number of hydrogen-bond acceptors (Lipinski definition) is 4. The van der Waals surface area contributed by atoms with E-state index in [0.717, 1.165) is 8.66 Å². The average molecular weight is 398 g/mol. The van der Waals surface area contributed by atoms with Gasteiger partial charge in [0.1, 0.15) is 17.4 Å². The summed E-state index contributed by atoms with van der Waals surface area (Å²) in [7, 11) is 1.49. The molecule has 1 heterocycles. The van der Waals surface area contributed by atoms with E-state index in [1.165, 1.54) is 24.5 Å². The third-order valence-corrected chi connectivity index (χ3v) is 4.46. The molecule has 0 saturated carbocycles. The van der Waals surface area contributed by atoms with Gasteiger partial charge in [0, 0.05) is 9.90 Å². The Bertz CT molecular complexity index is 780. The second-order valence-electron chi connectivity index (χ2n) is 4.11. The summed E-state index contributed by atoms with van der Waals surface area (Å²) in [5.74, 6) is -0.0542.